The van der Waals surface area contributed by atoms with Gasteiger partial charge in [-0.25, -0.2) is 0 Å². The molecule has 121 valence electrons. The molecule has 0 fully saturated rings. The summed E-state index contributed by atoms with van der Waals surface area (Å²) in [6.07, 6.45) is 21.2. The number of carbonyl (C=O) groups is 1. The Balaban J connectivity index is 0. The maximum absolute atomic E-state index is 10.3. The SMILES string of the molecule is CCCCCCCC/C=C\CCCCCCCC(=O)O.[Sc]. The molecule has 0 atom stereocenters. The summed E-state index contributed by atoms with van der Waals surface area (Å²) in [6.45, 7) is 2.26. The van der Waals surface area contributed by atoms with E-state index in [0.29, 0.717) is 6.42 Å². The first-order valence-electron chi connectivity index (χ1n) is 8.64. The van der Waals surface area contributed by atoms with Gasteiger partial charge >= 0.3 is 5.97 Å². The van der Waals surface area contributed by atoms with Gasteiger partial charge in [0.15, 0.2) is 0 Å². The minimum Gasteiger partial charge on any atom is -0.481 e. The fourth-order valence-electron chi connectivity index (χ4n) is 2.35. The van der Waals surface area contributed by atoms with Crippen molar-refractivity contribution in [3.05, 3.63) is 12.2 Å². The molecular weight excluding hydrogens is 293 g/mol. The summed E-state index contributed by atoms with van der Waals surface area (Å²) in [5.41, 5.74) is 0. The Morgan fingerprint density at radius 3 is 1.67 bits per heavy atom. The fraction of sp³-hybridized carbons (Fsp3) is 0.833. The summed E-state index contributed by atoms with van der Waals surface area (Å²) in [5, 5.41) is 8.51. The molecular formula is C18H34O2Sc. The van der Waals surface area contributed by atoms with Crippen molar-refractivity contribution in [3.8, 4) is 0 Å². The quantitative estimate of drug-likeness (QED) is 0.291. The van der Waals surface area contributed by atoms with Gasteiger partial charge in [0.05, 0.1) is 0 Å². The van der Waals surface area contributed by atoms with Gasteiger partial charge in [-0.2, -0.15) is 0 Å². The number of allylic oxidation sites excluding steroid dienone is 2. The van der Waals surface area contributed by atoms with Crippen LogP contribution in [0.2, 0.25) is 0 Å². The monoisotopic (exact) mass is 327 g/mol. The number of hydrogen-bond acceptors (Lipinski definition) is 1. The first-order chi connectivity index (χ1) is 9.77. The van der Waals surface area contributed by atoms with E-state index in [-0.39, 0.29) is 25.8 Å². The zero-order valence-electron chi connectivity index (χ0n) is 14.0. The first kappa shape index (κ1) is 23.3. The Labute approximate surface area is 150 Å². The molecule has 1 radical (unpaired) electrons. The van der Waals surface area contributed by atoms with Gasteiger partial charge in [0.2, 0.25) is 0 Å². The van der Waals surface area contributed by atoms with E-state index in [1.807, 2.05) is 0 Å². The summed E-state index contributed by atoms with van der Waals surface area (Å²) in [7, 11) is 0. The molecule has 0 aromatic rings. The van der Waals surface area contributed by atoms with E-state index < -0.39 is 5.97 Å². The molecule has 2 nitrogen and oxygen atoms in total. The standard InChI is InChI=1S/C18H34O2.Sc/c1-2-3-4-5-6-7-8-9-10-11-12-13-14-15-16-17-18(19)20;/h9-10H,2-8,11-17H2,1H3,(H,19,20);/b10-9-;. The molecule has 3 heteroatoms. The predicted molar refractivity (Wildman–Crippen MR) is 87.1 cm³/mol. The molecule has 0 spiro atoms. The Bertz CT molecular complexity index is 239. The van der Waals surface area contributed by atoms with Crippen molar-refractivity contribution in [2.24, 2.45) is 0 Å². The third-order valence-corrected chi connectivity index (χ3v) is 3.65. The third kappa shape index (κ3) is 22.5. The summed E-state index contributed by atoms with van der Waals surface area (Å²) >= 11 is 0. The fourth-order valence-corrected chi connectivity index (χ4v) is 2.35. The van der Waals surface area contributed by atoms with Crippen LogP contribution in [0.3, 0.4) is 0 Å². The van der Waals surface area contributed by atoms with Crippen LogP contribution in [0.4, 0.5) is 0 Å². The number of unbranched alkanes of at least 4 members (excludes halogenated alkanes) is 11. The van der Waals surface area contributed by atoms with Gasteiger partial charge in [0, 0.05) is 32.3 Å². The number of aliphatic carboxylic acids is 1. The van der Waals surface area contributed by atoms with E-state index in [2.05, 4.69) is 19.1 Å². The summed E-state index contributed by atoms with van der Waals surface area (Å²) < 4.78 is 0. The zero-order chi connectivity index (χ0) is 14.9. The maximum atomic E-state index is 10.3. The van der Waals surface area contributed by atoms with Crippen LogP contribution in [-0.4, -0.2) is 11.1 Å². The van der Waals surface area contributed by atoms with Crippen LogP contribution >= 0.6 is 0 Å². The smallest absolute Gasteiger partial charge is 0.303 e. The Kier molecular flexibility index (Phi) is 22.3. The largest absolute Gasteiger partial charge is 0.481 e. The molecule has 0 aliphatic heterocycles. The van der Waals surface area contributed by atoms with Crippen molar-refractivity contribution >= 4 is 5.97 Å². The summed E-state index contributed by atoms with van der Waals surface area (Å²) in [4.78, 5) is 10.3. The Morgan fingerprint density at radius 2 is 1.19 bits per heavy atom. The minimum atomic E-state index is -0.664. The van der Waals surface area contributed by atoms with Crippen molar-refractivity contribution in [2.75, 3.05) is 0 Å². The zero-order valence-corrected chi connectivity index (χ0v) is 15.8. The van der Waals surface area contributed by atoms with Crippen molar-refractivity contribution in [1.29, 1.82) is 0 Å². The van der Waals surface area contributed by atoms with Crippen molar-refractivity contribution in [1.82, 2.24) is 0 Å². The Morgan fingerprint density at radius 1 is 0.762 bits per heavy atom. The Hall–Kier alpha value is 0.0801. The summed E-state index contributed by atoms with van der Waals surface area (Å²) in [5.74, 6) is -0.664. The van der Waals surface area contributed by atoms with Crippen LogP contribution < -0.4 is 0 Å². The summed E-state index contributed by atoms with van der Waals surface area (Å²) in [6, 6.07) is 0. The molecule has 1 N–H and O–H groups in total. The molecule has 0 bridgehead atoms. The average molecular weight is 327 g/mol. The number of hydrogen-bond donors (Lipinski definition) is 1. The third-order valence-electron chi connectivity index (χ3n) is 3.65. The van der Waals surface area contributed by atoms with Gasteiger partial charge in [0.1, 0.15) is 0 Å². The first-order valence-corrected chi connectivity index (χ1v) is 8.64. The van der Waals surface area contributed by atoms with Gasteiger partial charge in [-0.05, 0) is 32.1 Å². The molecule has 0 unspecified atom stereocenters. The predicted octanol–water partition coefficient (Wildman–Crippen LogP) is 6.11. The molecule has 21 heavy (non-hydrogen) atoms. The van der Waals surface area contributed by atoms with Gasteiger partial charge < -0.3 is 5.11 Å². The van der Waals surface area contributed by atoms with Crippen LogP contribution in [0.15, 0.2) is 12.2 Å². The molecule has 0 aliphatic rings. The van der Waals surface area contributed by atoms with Crippen LogP contribution in [0, 0.1) is 0 Å². The molecule has 0 amide bonds. The molecule has 0 saturated carbocycles. The number of rotatable bonds is 15. The second-order valence-corrected chi connectivity index (χ2v) is 5.73. The molecule has 0 aromatic heterocycles. The van der Waals surface area contributed by atoms with Crippen LogP contribution in [0.5, 0.6) is 0 Å². The van der Waals surface area contributed by atoms with Gasteiger partial charge in [-0.3, -0.25) is 4.79 Å². The van der Waals surface area contributed by atoms with Crippen molar-refractivity contribution in [2.45, 2.75) is 96.8 Å². The molecule has 0 saturated heterocycles. The maximum Gasteiger partial charge on any atom is 0.303 e. The van der Waals surface area contributed by atoms with E-state index in [1.54, 1.807) is 0 Å². The van der Waals surface area contributed by atoms with Crippen molar-refractivity contribution in [3.63, 3.8) is 0 Å². The average Bonchev–Trinajstić information content (AvgIpc) is 2.43. The van der Waals surface area contributed by atoms with Crippen LogP contribution in [-0.2, 0) is 30.6 Å². The molecule has 0 heterocycles. The van der Waals surface area contributed by atoms with E-state index in [1.165, 1.54) is 70.6 Å². The van der Waals surface area contributed by atoms with Crippen LogP contribution in [0.25, 0.3) is 0 Å². The second kappa shape index (κ2) is 20.1. The van der Waals surface area contributed by atoms with E-state index in [4.69, 9.17) is 5.11 Å². The molecule has 0 rings (SSSR count). The van der Waals surface area contributed by atoms with Gasteiger partial charge in [-0.1, -0.05) is 70.4 Å². The number of carboxylic acid groups (broad SMARTS) is 1. The molecule has 0 aromatic carbocycles. The minimum absolute atomic E-state index is 0. The van der Waals surface area contributed by atoms with Crippen LogP contribution in [0.1, 0.15) is 96.8 Å². The van der Waals surface area contributed by atoms with Gasteiger partial charge in [-0.15, -0.1) is 0 Å². The number of carboxylic acids is 1. The molecule has 0 aliphatic carbocycles. The van der Waals surface area contributed by atoms with Crippen molar-refractivity contribution < 1.29 is 35.7 Å². The second-order valence-electron chi connectivity index (χ2n) is 5.73. The van der Waals surface area contributed by atoms with E-state index in [9.17, 15) is 4.79 Å². The van der Waals surface area contributed by atoms with Gasteiger partial charge in [0.25, 0.3) is 0 Å². The van der Waals surface area contributed by atoms with E-state index >= 15 is 0 Å². The normalized spacial score (nSPS) is 10.7. The topological polar surface area (TPSA) is 37.3 Å². The van der Waals surface area contributed by atoms with E-state index in [0.717, 1.165) is 12.8 Å².